The van der Waals surface area contributed by atoms with E-state index in [1.165, 1.54) is 27.5 Å². The fraction of sp³-hybridized carbons (Fsp3) is 0.211. The Morgan fingerprint density at radius 1 is 0.964 bits per heavy atom. The predicted octanol–water partition coefficient (Wildman–Crippen LogP) is 1.34. The van der Waals surface area contributed by atoms with Crippen molar-refractivity contribution in [3.8, 4) is 23.0 Å². The van der Waals surface area contributed by atoms with Crippen LogP contribution in [-0.4, -0.2) is 46.0 Å². The average molecular weight is 387 g/mol. The summed E-state index contributed by atoms with van der Waals surface area (Å²) < 4.78 is 20.8. The lowest BCUT2D eigenvalue weighted by Gasteiger charge is -2.10. The molecule has 9 heteroatoms. The standard InChI is InChI=1S/C19H21N3O6/c1-25-14-7-5-13(9-17(14)27-3)19(24)22-21-10-12-4-6-15(16(8-12)26-2)28-11-18(20)23/h4-10H,11H2,1-3H3,(H2,20,23)(H,22,24)/b21-10+. The minimum Gasteiger partial charge on any atom is -0.493 e. The van der Waals surface area contributed by atoms with E-state index in [1.807, 2.05) is 0 Å². The van der Waals surface area contributed by atoms with Gasteiger partial charge in [-0.15, -0.1) is 0 Å². The van der Waals surface area contributed by atoms with Crippen molar-refractivity contribution in [2.45, 2.75) is 0 Å². The van der Waals surface area contributed by atoms with Crippen LogP contribution in [0.1, 0.15) is 15.9 Å². The summed E-state index contributed by atoms with van der Waals surface area (Å²) in [6, 6.07) is 9.72. The highest BCUT2D eigenvalue weighted by molar-refractivity contribution is 5.95. The quantitative estimate of drug-likeness (QED) is 0.495. The molecule has 0 aromatic heterocycles. The number of rotatable bonds is 9. The second-order valence-electron chi connectivity index (χ2n) is 5.43. The number of hydrazone groups is 1. The van der Waals surface area contributed by atoms with E-state index in [-0.39, 0.29) is 6.61 Å². The van der Waals surface area contributed by atoms with Crippen molar-refractivity contribution < 1.29 is 28.5 Å². The first-order valence-corrected chi connectivity index (χ1v) is 8.13. The van der Waals surface area contributed by atoms with Crippen molar-refractivity contribution in [1.29, 1.82) is 0 Å². The number of nitrogens with zero attached hydrogens (tertiary/aromatic N) is 1. The monoisotopic (exact) mass is 387 g/mol. The third-order valence-corrected chi connectivity index (χ3v) is 3.58. The van der Waals surface area contributed by atoms with Crippen molar-refractivity contribution in [1.82, 2.24) is 5.43 Å². The average Bonchev–Trinajstić information content (AvgIpc) is 2.71. The Kier molecular flexibility index (Phi) is 7.21. The van der Waals surface area contributed by atoms with Gasteiger partial charge in [0, 0.05) is 5.56 Å². The molecule has 0 aliphatic rings. The number of amides is 2. The van der Waals surface area contributed by atoms with Crippen LogP contribution in [0.2, 0.25) is 0 Å². The van der Waals surface area contributed by atoms with Gasteiger partial charge in [-0.25, -0.2) is 5.43 Å². The third-order valence-electron chi connectivity index (χ3n) is 3.58. The van der Waals surface area contributed by atoms with Gasteiger partial charge in [0.25, 0.3) is 11.8 Å². The highest BCUT2D eigenvalue weighted by atomic mass is 16.5. The minimum atomic E-state index is -0.592. The summed E-state index contributed by atoms with van der Waals surface area (Å²) >= 11 is 0. The number of carbonyl (C=O) groups is 2. The van der Waals surface area contributed by atoms with Crippen molar-refractivity contribution in [2.75, 3.05) is 27.9 Å². The van der Waals surface area contributed by atoms with Crippen LogP contribution >= 0.6 is 0 Å². The molecule has 2 aromatic carbocycles. The smallest absolute Gasteiger partial charge is 0.271 e. The van der Waals surface area contributed by atoms with E-state index in [4.69, 9.17) is 24.7 Å². The summed E-state index contributed by atoms with van der Waals surface area (Å²) in [4.78, 5) is 23.0. The van der Waals surface area contributed by atoms with Crippen molar-refractivity contribution in [3.63, 3.8) is 0 Å². The Labute approximate surface area is 162 Å². The molecule has 0 bridgehead atoms. The van der Waals surface area contributed by atoms with Crippen molar-refractivity contribution >= 4 is 18.0 Å². The molecule has 0 heterocycles. The molecule has 0 radical (unpaired) electrons. The molecule has 0 aliphatic carbocycles. The molecule has 148 valence electrons. The van der Waals surface area contributed by atoms with Gasteiger partial charge >= 0.3 is 0 Å². The Balaban J connectivity index is 2.05. The van der Waals surface area contributed by atoms with Gasteiger partial charge in [0.2, 0.25) is 0 Å². The largest absolute Gasteiger partial charge is 0.493 e. The topological polar surface area (TPSA) is 121 Å². The summed E-state index contributed by atoms with van der Waals surface area (Å²) in [7, 11) is 4.47. The molecule has 28 heavy (non-hydrogen) atoms. The molecule has 0 fully saturated rings. The minimum absolute atomic E-state index is 0.259. The summed E-state index contributed by atoms with van der Waals surface area (Å²) in [6.45, 7) is -0.259. The number of ether oxygens (including phenoxy) is 4. The van der Waals surface area contributed by atoms with Gasteiger partial charge in [-0.1, -0.05) is 0 Å². The molecule has 9 nitrogen and oxygen atoms in total. The number of carbonyl (C=O) groups excluding carboxylic acids is 2. The number of benzene rings is 2. The van der Waals surface area contributed by atoms with E-state index in [0.29, 0.717) is 34.1 Å². The van der Waals surface area contributed by atoms with Gasteiger partial charge in [0.05, 0.1) is 27.5 Å². The number of primary amides is 1. The van der Waals surface area contributed by atoms with E-state index in [2.05, 4.69) is 10.5 Å². The molecule has 0 spiro atoms. The van der Waals surface area contributed by atoms with Crippen LogP contribution in [0.25, 0.3) is 0 Å². The maximum atomic E-state index is 12.2. The van der Waals surface area contributed by atoms with E-state index in [9.17, 15) is 9.59 Å². The van der Waals surface area contributed by atoms with Crippen LogP contribution in [0.5, 0.6) is 23.0 Å². The number of nitrogens with two attached hydrogens (primary N) is 1. The Hall–Kier alpha value is -3.75. The molecule has 2 rings (SSSR count). The van der Waals surface area contributed by atoms with Gasteiger partial charge in [-0.3, -0.25) is 9.59 Å². The Bertz CT molecular complexity index is 882. The van der Waals surface area contributed by atoms with Crippen LogP contribution in [0.15, 0.2) is 41.5 Å². The van der Waals surface area contributed by atoms with Gasteiger partial charge in [0.1, 0.15) is 0 Å². The number of hydrogen-bond donors (Lipinski definition) is 2. The molecule has 2 amide bonds. The fourth-order valence-electron chi connectivity index (χ4n) is 2.24. The van der Waals surface area contributed by atoms with Gasteiger partial charge in [0.15, 0.2) is 29.6 Å². The molecule has 2 aromatic rings. The second-order valence-corrected chi connectivity index (χ2v) is 5.43. The van der Waals surface area contributed by atoms with E-state index >= 15 is 0 Å². The first-order valence-electron chi connectivity index (χ1n) is 8.13. The molecular weight excluding hydrogens is 366 g/mol. The lowest BCUT2D eigenvalue weighted by atomic mass is 10.2. The van der Waals surface area contributed by atoms with Crippen LogP contribution in [0.3, 0.4) is 0 Å². The lowest BCUT2D eigenvalue weighted by molar-refractivity contribution is -0.119. The maximum absolute atomic E-state index is 12.2. The lowest BCUT2D eigenvalue weighted by Crippen LogP contribution is -2.20. The summed E-state index contributed by atoms with van der Waals surface area (Å²) in [6.07, 6.45) is 1.44. The fourth-order valence-corrected chi connectivity index (χ4v) is 2.24. The number of hydrogen-bond acceptors (Lipinski definition) is 7. The zero-order chi connectivity index (χ0) is 20.5. The van der Waals surface area contributed by atoms with E-state index < -0.39 is 11.8 Å². The zero-order valence-corrected chi connectivity index (χ0v) is 15.7. The highest BCUT2D eigenvalue weighted by Crippen LogP contribution is 2.28. The molecule has 0 atom stereocenters. The third kappa shape index (κ3) is 5.37. The predicted molar refractivity (Wildman–Crippen MR) is 102 cm³/mol. The SMILES string of the molecule is COc1ccc(C(=O)N/N=C/c2ccc(OCC(N)=O)c(OC)c2)cc1OC. The van der Waals surface area contributed by atoms with Crippen LogP contribution in [-0.2, 0) is 4.79 Å². The maximum Gasteiger partial charge on any atom is 0.271 e. The number of methoxy groups -OCH3 is 3. The summed E-state index contributed by atoms with van der Waals surface area (Å²) in [5.74, 6) is 0.726. The normalized spacial score (nSPS) is 10.4. The molecule has 0 saturated heterocycles. The summed E-state index contributed by atoms with van der Waals surface area (Å²) in [5.41, 5.74) is 8.50. The van der Waals surface area contributed by atoms with Crippen LogP contribution < -0.4 is 30.1 Å². The van der Waals surface area contributed by atoms with Crippen molar-refractivity contribution in [3.05, 3.63) is 47.5 Å². The van der Waals surface area contributed by atoms with Crippen LogP contribution in [0.4, 0.5) is 0 Å². The van der Waals surface area contributed by atoms with E-state index in [0.717, 1.165) is 0 Å². The van der Waals surface area contributed by atoms with Gasteiger partial charge in [-0.05, 0) is 42.0 Å². The number of nitrogens with one attached hydrogen (secondary N) is 1. The van der Waals surface area contributed by atoms with E-state index in [1.54, 1.807) is 36.4 Å². The molecule has 0 saturated carbocycles. The molecule has 0 aliphatic heterocycles. The van der Waals surface area contributed by atoms with Gasteiger partial charge < -0.3 is 24.7 Å². The molecular formula is C19H21N3O6. The Morgan fingerprint density at radius 2 is 1.61 bits per heavy atom. The van der Waals surface area contributed by atoms with Crippen LogP contribution in [0, 0.1) is 0 Å². The summed E-state index contributed by atoms with van der Waals surface area (Å²) in [5, 5.41) is 3.93. The first kappa shape index (κ1) is 20.6. The zero-order valence-electron chi connectivity index (χ0n) is 15.7. The molecule has 3 N–H and O–H groups in total. The Morgan fingerprint density at radius 3 is 2.25 bits per heavy atom. The second kappa shape index (κ2) is 9.81. The highest BCUT2D eigenvalue weighted by Gasteiger charge is 2.10. The van der Waals surface area contributed by atoms with Crippen molar-refractivity contribution in [2.24, 2.45) is 10.8 Å². The van der Waals surface area contributed by atoms with Gasteiger partial charge in [-0.2, -0.15) is 5.10 Å². The first-order chi connectivity index (χ1) is 13.5. The molecule has 0 unspecified atom stereocenters.